The first-order chi connectivity index (χ1) is 9.86. The zero-order chi connectivity index (χ0) is 15.2. The third-order valence-corrected chi connectivity index (χ3v) is 5.32. The highest BCUT2D eigenvalue weighted by Gasteiger charge is 2.38. The van der Waals surface area contributed by atoms with Crippen LogP contribution in [-0.2, 0) is 10.2 Å². The second kappa shape index (κ2) is 5.15. The summed E-state index contributed by atoms with van der Waals surface area (Å²) in [5.41, 5.74) is 3.74. The molecule has 1 amide bonds. The minimum atomic E-state index is 0.0785. The van der Waals surface area contributed by atoms with Gasteiger partial charge in [-0.1, -0.05) is 52.7 Å². The van der Waals surface area contributed by atoms with Crippen LogP contribution in [0.2, 0.25) is 0 Å². The van der Waals surface area contributed by atoms with E-state index in [2.05, 4.69) is 51.2 Å². The highest BCUT2D eigenvalue weighted by molar-refractivity contribution is 6.03. The molecule has 1 aromatic rings. The normalized spacial score (nSPS) is 29.1. The summed E-state index contributed by atoms with van der Waals surface area (Å²) in [6.07, 6.45) is 4.92. The molecule has 2 aliphatic rings. The summed E-state index contributed by atoms with van der Waals surface area (Å²) in [5, 5.41) is 3.10. The maximum absolute atomic E-state index is 12.5. The summed E-state index contributed by atoms with van der Waals surface area (Å²) in [6, 6.07) is 6.53. The van der Waals surface area contributed by atoms with Crippen LogP contribution >= 0.6 is 0 Å². The molecule has 1 atom stereocenters. The van der Waals surface area contributed by atoms with Crippen molar-refractivity contribution in [3.8, 4) is 0 Å². The molecule has 114 valence electrons. The van der Waals surface area contributed by atoms with Crippen LogP contribution in [-0.4, -0.2) is 5.91 Å². The predicted molar refractivity (Wildman–Crippen MR) is 87.6 cm³/mol. The fourth-order valence-electron chi connectivity index (χ4n) is 3.84. The van der Waals surface area contributed by atoms with Gasteiger partial charge in [-0.15, -0.1) is 0 Å². The Hall–Kier alpha value is -1.31. The number of benzene rings is 1. The van der Waals surface area contributed by atoms with Crippen molar-refractivity contribution in [3.05, 3.63) is 29.3 Å². The van der Waals surface area contributed by atoms with E-state index in [-0.39, 0.29) is 17.2 Å². The monoisotopic (exact) mass is 285 g/mol. The minimum Gasteiger partial charge on any atom is -0.325 e. The van der Waals surface area contributed by atoms with Gasteiger partial charge in [0, 0.05) is 5.69 Å². The molecule has 1 aromatic carbocycles. The Morgan fingerprint density at radius 2 is 1.76 bits per heavy atom. The molecule has 1 aliphatic carbocycles. The number of hydrogen-bond donors (Lipinski definition) is 1. The zero-order valence-corrected chi connectivity index (χ0v) is 13.7. The average molecular weight is 285 g/mol. The summed E-state index contributed by atoms with van der Waals surface area (Å²) < 4.78 is 0. The molecule has 1 saturated carbocycles. The Morgan fingerprint density at radius 3 is 2.38 bits per heavy atom. The topological polar surface area (TPSA) is 29.1 Å². The van der Waals surface area contributed by atoms with Gasteiger partial charge in [0.25, 0.3) is 0 Å². The van der Waals surface area contributed by atoms with Crippen molar-refractivity contribution in [2.24, 2.45) is 11.8 Å². The molecule has 2 nitrogen and oxygen atoms in total. The van der Waals surface area contributed by atoms with E-state index < -0.39 is 0 Å². The van der Waals surface area contributed by atoms with Crippen molar-refractivity contribution in [1.82, 2.24) is 0 Å². The molecular formula is C19H27NO. The molecule has 3 rings (SSSR count). The van der Waals surface area contributed by atoms with E-state index in [4.69, 9.17) is 0 Å². The second-order valence-corrected chi connectivity index (χ2v) is 8.04. The second-order valence-electron chi connectivity index (χ2n) is 8.04. The van der Waals surface area contributed by atoms with Gasteiger partial charge in [-0.2, -0.15) is 0 Å². The molecular weight excluding hydrogens is 258 g/mol. The van der Waals surface area contributed by atoms with Gasteiger partial charge in [0.15, 0.2) is 0 Å². The molecule has 0 saturated heterocycles. The van der Waals surface area contributed by atoms with Gasteiger partial charge in [0.05, 0.1) is 5.92 Å². The van der Waals surface area contributed by atoms with E-state index >= 15 is 0 Å². The van der Waals surface area contributed by atoms with Crippen molar-refractivity contribution in [1.29, 1.82) is 0 Å². The van der Waals surface area contributed by atoms with Gasteiger partial charge in [-0.05, 0) is 47.3 Å². The summed E-state index contributed by atoms with van der Waals surface area (Å²) in [6.45, 7) is 9.03. The van der Waals surface area contributed by atoms with Crippen LogP contribution < -0.4 is 5.32 Å². The smallest absolute Gasteiger partial charge is 0.232 e. The summed E-state index contributed by atoms with van der Waals surface area (Å²) in [5.74, 6) is 1.65. The van der Waals surface area contributed by atoms with Crippen LogP contribution in [0.25, 0.3) is 0 Å². The van der Waals surface area contributed by atoms with Crippen LogP contribution in [0.1, 0.15) is 70.4 Å². The molecule has 1 heterocycles. The molecule has 1 N–H and O–H groups in total. The number of fused-ring (bicyclic) bond motifs is 1. The number of carbonyl (C=O) groups excluding carboxylic acids is 1. The molecule has 1 unspecified atom stereocenters. The van der Waals surface area contributed by atoms with Crippen molar-refractivity contribution in [2.75, 3.05) is 5.32 Å². The quantitative estimate of drug-likeness (QED) is 0.785. The lowest BCUT2D eigenvalue weighted by Gasteiger charge is -2.30. The molecule has 0 aromatic heterocycles. The van der Waals surface area contributed by atoms with Gasteiger partial charge in [0.1, 0.15) is 0 Å². The van der Waals surface area contributed by atoms with Gasteiger partial charge < -0.3 is 5.32 Å². The van der Waals surface area contributed by atoms with Gasteiger partial charge in [-0.25, -0.2) is 0 Å². The molecule has 0 radical (unpaired) electrons. The SMILES string of the molecule is CC1CCC(C2C(=O)Nc3ccc(C(C)(C)C)cc32)CC1. The lowest BCUT2D eigenvalue weighted by molar-refractivity contribution is -0.118. The summed E-state index contributed by atoms with van der Waals surface area (Å²) >= 11 is 0. The molecule has 0 spiro atoms. The van der Waals surface area contributed by atoms with Crippen LogP contribution in [0.5, 0.6) is 0 Å². The molecule has 1 fully saturated rings. The Balaban J connectivity index is 1.92. The Kier molecular flexibility index (Phi) is 3.59. The first-order valence-corrected chi connectivity index (χ1v) is 8.31. The van der Waals surface area contributed by atoms with Crippen LogP contribution in [0.15, 0.2) is 18.2 Å². The van der Waals surface area contributed by atoms with Crippen LogP contribution in [0.3, 0.4) is 0 Å². The summed E-state index contributed by atoms with van der Waals surface area (Å²) in [4.78, 5) is 12.5. The minimum absolute atomic E-state index is 0.0785. The van der Waals surface area contributed by atoms with E-state index in [1.54, 1.807) is 0 Å². The Bertz CT molecular complexity index is 547. The number of amides is 1. The fourth-order valence-corrected chi connectivity index (χ4v) is 3.84. The van der Waals surface area contributed by atoms with E-state index in [0.717, 1.165) is 11.6 Å². The number of anilines is 1. The summed E-state index contributed by atoms with van der Waals surface area (Å²) in [7, 11) is 0. The molecule has 2 heteroatoms. The van der Waals surface area contributed by atoms with Gasteiger partial charge >= 0.3 is 0 Å². The van der Waals surface area contributed by atoms with E-state index in [1.165, 1.54) is 36.8 Å². The Morgan fingerprint density at radius 1 is 1.10 bits per heavy atom. The Labute approximate surface area is 128 Å². The van der Waals surface area contributed by atoms with Crippen molar-refractivity contribution in [3.63, 3.8) is 0 Å². The largest absolute Gasteiger partial charge is 0.325 e. The molecule has 21 heavy (non-hydrogen) atoms. The molecule has 0 bridgehead atoms. The number of carbonyl (C=O) groups is 1. The lowest BCUT2D eigenvalue weighted by Crippen LogP contribution is -2.24. The molecule has 1 aliphatic heterocycles. The lowest BCUT2D eigenvalue weighted by atomic mass is 9.73. The third kappa shape index (κ3) is 2.73. The van der Waals surface area contributed by atoms with Crippen molar-refractivity contribution >= 4 is 11.6 Å². The van der Waals surface area contributed by atoms with Crippen molar-refractivity contribution < 1.29 is 4.79 Å². The number of nitrogens with one attached hydrogen (secondary N) is 1. The maximum atomic E-state index is 12.5. The van der Waals surface area contributed by atoms with E-state index in [0.29, 0.717) is 5.92 Å². The number of hydrogen-bond acceptors (Lipinski definition) is 1. The maximum Gasteiger partial charge on any atom is 0.232 e. The fraction of sp³-hybridized carbons (Fsp3) is 0.632. The van der Waals surface area contributed by atoms with Gasteiger partial charge in [-0.3, -0.25) is 4.79 Å². The van der Waals surface area contributed by atoms with Crippen LogP contribution in [0.4, 0.5) is 5.69 Å². The standard InChI is InChI=1S/C19H27NO/c1-12-5-7-13(8-6-12)17-15-11-14(19(2,3)4)9-10-16(15)20-18(17)21/h9-13,17H,5-8H2,1-4H3,(H,20,21). The van der Waals surface area contributed by atoms with Crippen molar-refractivity contribution in [2.45, 2.75) is 64.7 Å². The van der Waals surface area contributed by atoms with Crippen LogP contribution in [0, 0.1) is 11.8 Å². The van der Waals surface area contributed by atoms with Gasteiger partial charge in [0.2, 0.25) is 5.91 Å². The van der Waals surface area contributed by atoms with E-state index in [1.807, 2.05) is 0 Å². The highest BCUT2D eigenvalue weighted by Crippen LogP contribution is 2.45. The first kappa shape index (κ1) is 14.6. The highest BCUT2D eigenvalue weighted by atomic mass is 16.2. The number of rotatable bonds is 1. The first-order valence-electron chi connectivity index (χ1n) is 8.31. The van der Waals surface area contributed by atoms with E-state index in [9.17, 15) is 4.79 Å². The average Bonchev–Trinajstić information content (AvgIpc) is 2.74. The third-order valence-electron chi connectivity index (χ3n) is 5.32. The predicted octanol–water partition coefficient (Wildman–Crippen LogP) is 4.85. The zero-order valence-electron chi connectivity index (χ0n) is 13.7.